The summed E-state index contributed by atoms with van der Waals surface area (Å²) in [7, 11) is 3.03. The normalized spacial score (nSPS) is 18.3. The van der Waals surface area contributed by atoms with Crippen LogP contribution in [0.2, 0.25) is 0 Å². The smallest absolute Gasteiger partial charge is 0.295 e. The Balaban J connectivity index is 1.67. The number of carbonyl (C=O) groups is 2. The fourth-order valence-electron chi connectivity index (χ4n) is 4.44. The van der Waals surface area contributed by atoms with Gasteiger partial charge in [0.15, 0.2) is 11.5 Å². The lowest BCUT2D eigenvalue weighted by Crippen LogP contribution is -2.29. The van der Waals surface area contributed by atoms with E-state index in [1.807, 2.05) is 0 Å². The van der Waals surface area contributed by atoms with Crippen LogP contribution in [0.3, 0.4) is 0 Å². The molecule has 0 radical (unpaired) electrons. The van der Waals surface area contributed by atoms with Crippen LogP contribution >= 0.6 is 0 Å². The number of aromatic nitrogens is 1. The second kappa shape index (κ2) is 9.61. The van der Waals surface area contributed by atoms with Crippen LogP contribution in [0, 0.1) is 0 Å². The van der Waals surface area contributed by atoms with Crippen LogP contribution in [-0.4, -0.2) is 54.1 Å². The predicted molar refractivity (Wildman–Crippen MR) is 129 cm³/mol. The van der Waals surface area contributed by atoms with E-state index in [-0.39, 0.29) is 17.9 Å². The number of methoxy groups -OCH3 is 2. The number of ketones is 1. The second-order valence-corrected chi connectivity index (χ2v) is 8.25. The molecule has 1 amide bonds. The number of benzene rings is 2. The molecule has 3 heterocycles. The van der Waals surface area contributed by atoms with Gasteiger partial charge in [0.1, 0.15) is 30.5 Å². The molecule has 1 unspecified atom stereocenters. The van der Waals surface area contributed by atoms with Crippen LogP contribution in [0.25, 0.3) is 5.76 Å². The third-order valence-electron chi connectivity index (χ3n) is 6.19. The van der Waals surface area contributed by atoms with E-state index in [4.69, 9.17) is 18.9 Å². The number of rotatable bonds is 6. The highest BCUT2D eigenvalue weighted by Crippen LogP contribution is 2.45. The van der Waals surface area contributed by atoms with E-state index in [9.17, 15) is 14.7 Å². The summed E-state index contributed by atoms with van der Waals surface area (Å²) in [4.78, 5) is 32.1. The highest BCUT2D eigenvalue weighted by Gasteiger charge is 2.47. The number of likely N-dealkylation sites (tertiary alicyclic amines) is 1. The van der Waals surface area contributed by atoms with Crippen molar-refractivity contribution in [1.82, 2.24) is 9.88 Å². The first-order valence-electron chi connectivity index (χ1n) is 11.3. The zero-order chi connectivity index (χ0) is 25.2. The van der Waals surface area contributed by atoms with Crippen molar-refractivity contribution in [3.8, 4) is 23.0 Å². The Kier molecular flexibility index (Phi) is 6.20. The van der Waals surface area contributed by atoms with E-state index in [2.05, 4.69) is 4.98 Å². The molecule has 2 aromatic carbocycles. The van der Waals surface area contributed by atoms with Crippen molar-refractivity contribution >= 4 is 17.4 Å². The number of pyridine rings is 1. The number of aliphatic hydroxyl groups is 1. The summed E-state index contributed by atoms with van der Waals surface area (Å²) >= 11 is 0. The third-order valence-corrected chi connectivity index (χ3v) is 6.19. The first-order valence-corrected chi connectivity index (χ1v) is 11.3. The molecule has 1 fully saturated rings. The molecule has 0 bridgehead atoms. The van der Waals surface area contributed by atoms with Gasteiger partial charge < -0.3 is 29.0 Å². The molecule has 2 aliphatic rings. The third kappa shape index (κ3) is 4.08. The molecule has 1 aromatic heterocycles. The molecule has 36 heavy (non-hydrogen) atoms. The lowest BCUT2D eigenvalue weighted by molar-refractivity contribution is -0.140. The number of hydrogen-bond donors (Lipinski definition) is 1. The maximum absolute atomic E-state index is 13.4. The van der Waals surface area contributed by atoms with Crippen LogP contribution in [-0.2, 0) is 16.1 Å². The molecule has 184 valence electrons. The molecule has 0 aliphatic carbocycles. The van der Waals surface area contributed by atoms with Gasteiger partial charge in [-0.3, -0.25) is 14.6 Å². The first-order chi connectivity index (χ1) is 17.5. The molecule has 3 aromatic rings. The van der Waals surface area contributed by atoms with Crippen molar-refractivity contribution in [1.29, 1.82) is 0 Å². The van der Waals surface area contributed by atoms with Crippen LogP contribution in [0.15, 0.2) is 66.5 Å². The molecule has 1 saturated heterocycles. The Bertz CT molecular complexity index is 1350. The lowest BCUT2D eigenvalue weighted by Gasteiger charge is -2.27. The summed E-state index contributed by atoms with van der Waals surface area (Å²) in [5.41, 5.74) is 1.60. The van der Waals surface area contributed by atoms with Gasteiger partial charge in [-0.15, -0.1) is 0 Å². The predicted octanol–water partition coefficient (Wildman–Crippen LogP) is 3.49. The number of fused-ring (bicyclic) bond motifs is 1. The van der Waals surface area contributed by atoms with Gasteiger partial charge in [-0.05, 0) is 48.0 Å². The average molecular weight is 488 g/mol. The molecule has 0 saturated carbocycles. The number of amides is 1. The van der Waals surface area contributed by atoms with Gasteiger partial charge in [-0.2, -0.15) is 0 Å². The SMILES string of the molecule is COc1ccc(C2/C(=C(\O)c3ccc4c(c3)OCCO4)C(=O)C(=O)N2Cc2ccncc2)c(OC)c1. The van der Waals surface area contributed by atoms with Crippen LogP contribution in [0.4, 0.5) is 0 Å². The maximum Gasteiger partial charge on any atom is 0.295 e. The van der Waals surface area contributed by atoms with Crippen molar-refractivity contribution in [3.63, 3.8) is 0 Å². The number of hydrogen-bond acceptors (Lipinski definition) is 8. The summed E-state index contributed by atoms with van der Waals surface area (Å²) in [6.45, 7) is 0.928. The first kappa shape index (κ1) is 23.2. The molecular formula is C27H24N2O7. The number of nitrogens with zero attached hydrogens (tertiary/aromatic N) is 2. The zero-order valence-corrected chi connectivity index (χ0v) is 19.8. The van der Waals surface area contributed by atoms with Crippen LogP contribution in [0.5, 0.6) is 23.0 Å². The average Bonchev–Trinajstić information content (AvgIpc) is 3.17. The fourth-order valence-corrected chi connectivity index (χ4v) is 4.44. The molecule has 9 heteroatoms. The Hall–Kier alpha value is -4.53. The molecule has 1 atom stereocenters. The number of carbonyl (C=O) groups excluding carboxylic acids is 2. The van der Waals surface area contributed by atoms with Gasteiger partial charge in [0.25, 0.3) is 11.7 Å². The van der Waals surface area contributed by atoms with E-state index >= 15 is 0 Å². The Morgan fingerprint density at radius 3 is 2.47 bits per heavy atom. The Morgan fingerprint density at radius 1 is 1.00 bits per heavy atom. The van der Waals surface area contributed by atoms with Crippen LogP contribution < -0.4 is 18.9 Å². The molecule has 2 aliphatic heterocycles. The quantitative estimate of drug-likeness (QED) is 0.319. The number of aliphatic hydroxyl groups excluding tert-OH is 1. The maximum atomic E-state index is 13.4. The van der Waals surface area contributed by atoms with Crippen molar-refractivity contribution < 1.29 is 33.6 Å². The molecule has 1 N–H and O–H groups in total. The Morgan fingerprint density at radius 2 is 1.75 bits per heavy atom. The minimum absolute atomic E-state index is 0.0470. The van der Waals surface area contributed by atoms with Crippen molar-refractivity contribution in [2.75, 3.05) is 27.4 Å². The molecule has 0 spiro atoms. The van der Waals surface area contributed by atoms with Crippen molar-refractivity contribution in [3.05, 3.63) is 83.2 Å². The van der Waals surface area contributed by atoms with E-state index < -0.39 is 17.7 Å². The van der Waals surface area contributed by atoms with Gasteiger partial charge in [-0.25, -0.2) is 0 Å². The van der Waals surface area contributed by atoms with Crippen molar-refractivity contribution in [2.45, 2.75) is 12.6 Å². The fraction of sp³-hybridized carbons (Fsp3) is 0.222. The second-order valence-electron chi connectivity index (χ2n) is 8.25. The topological polar surface area (TPSA) is 107 Å². The molecular weight excluding hydrogens is 464 g/mol. The summed E-state index contributed by atoms with van der Waals surface area (Å²) in [5.74, 6) is 0.125. The minimum atomic E-state index is -0.910. The van der Waals surface area contributed by atoms with E-state index in [1.165, 1.54) is 19.1 Å². The van der Waals surface area contributed by atoms with E-state index in [1.54, 1.807) is 60.9 Å². The van der Waals surface area contributed by atoms with Gasteiger partial charge in [-0.1, -0.05) is 0 Å². The summed E-state index contributed by atoms with van der Waals surface area (Å²) in [6, 6.07) is 12.6. The van der Waals surface area contributed by atoms with Crippen molar-refractivity contribution in [2.24, 2.45) is 0 Å². The zero-order valence-electron chi connectivity index (χ0n) is 19.8. The van der Waals surface area contributed by atoms with Gasteiger partial charge >= 0.3 is 0 Å². The lowest BCUT2D eigenvalue weighted by atomic mass is 9.94. The summed E-state index contributed by atoms with van der Waals surface area (Å²) in [6.07, 6.45) is 3.23. The number of ether oxygens (including phenoxy) is 4. The van der Waals surface area contributed by atoms with E-state index in [0.29, 0.717) is 47.3 Å². The highest BCUT2D eigenvalue weighted by molar-refractivity contribution is 6.46. The van der Waals surface area contributed by atoms with Crippen LogP contribution in [0.1, 0.15) is 22.7 Å². The number of Topliss-reactive ketones (excluding diaryl/α,β-unsaturated/α-hetero) is 1. The van der Waals surface area contributed by atoms with Gasteiger partial charge in [0, 0.05) is 36.1 Å². The Labute approximate surface area is 207 Å². The largest absolute Gasteiger partial charge is 0.507 e. The standard InChI is InChI=1S/C27H24N2O7/c1-33-18-4-5-19(21(14-18)34-2)24-23(25(30)17-3-6-20-22(13-17)36-12-11-35-20)26(31)27(32)29(24)15-16-7-9-28-10-8-16/h3-10,13-14,24,30H,11-12,15H2,1-2H3/b25-23+. The molecule has 5 rings (SSSR count). The minimum Gasteiger partial charge on any atom is -0.507 e. The monoisotopic (exact) mass is 488 g/mol. The van der Waals surface area contributed by atoms with Gasteiger partial charge in [0.05, 0.1) is 25.8 Å². The molecule has 9 nitrogen and oxygen atoms in total. The summed E-state index contributed by atoms with van der Waals surface area (Å²) in [5, 5.41) is 11.4. The highest BCUT2D eigenvalue weighted by atomic mass is 16.6. The summed E-state index contributed by atoms with van der Waals surface area (Å²) < 4.78 is 22.1. The van der Waals surface area contributed by atoms with E-state index in [0.717, 1.165) is 5.56 Å². The van der Waals surface area contributed by atoms with Gasteiger partial charge in [0.2, 0.25) is 0 Å².